The van der Waals surface area contributed by atoms with E-state index >= 15 is 0 Å². The molecular formula is C100H60O2. The van der Waals surface area contributed by atoms with E-state index in [1.807, 2.05) is 0 Å². The van der Waals surface area contributed by atoms with Crippen LogP contribution in [0.1, 0.15) is 82.2 Å². The molecule has 0 radical (unpaired) electrons. The normalized spacial score (nSPS) is 20.2. The molecule has 0 N–H and O–H groups in total. The quantitative estimate of drug-likeness (QED) is 0.155. The minimum Gasteiger partial charge on any atom is -0.456 e. The molecule has 2 nitrogen and oxygen atoms in total. The average molecular weight is 1350 g/mol. The molecule has 22 rings (SSSR count). The average Bonchev–Trinajstić information content (AvgIpc) is 0.908. The van der Waals surface area contributed by atoms with Gasteiger partial charge in [-0.05, 0) is 217 Å². The van der Waals surface area contributed by atoms with E-state index in [1.54, 1.807) is 0 Å². The summed E-state index contributed by atoms with van der Waals surface area (Å²) < 4.78 is 558. The summed E-state index contributed by atoms with van der Waals surface area (Å²) in [5.74, 6) is 0. The molecule has 2 aromatic heterocycles. The first kappa shape index (κ1) is 23.9. The van der Waals surface area contributed by atoms with Crippen LogP contribution in [0.15, 0.2) is 371 Å². The summed E-state index contributed by atoms with van der Waals surface area (Å²) in [5.41, 5.74) is -11.8. The summed E-state index contributed by atoms with van der Waals surface area (Å²) in [6, 6.07) is -56.8. The van der Waals surface area contributed by atoms with E-state index in [-0.39, 0.29) is 0 Å². The van der Waals surface area contributed by atoms with Gasteiger partial charge in [-0.15, -0.1) is 0 Å². The van der Waals surface area contributed by atoms with Crippen molar-refractivity contribution in [3.63, 3.8) is 0 Å². The van der Waals surface area contributed by atoms with Crippen LogP contribution in [-0.4, -0.2) is 0 Å². The first-order valence-electron chi connectivity index (χ1n) is 60.3. The molecule has 0 fully saturated rings. The standard InChI is InChI=1S/2C50H30O/c1-3-16-35-31(12-1)14-9-23-39(35)48-43-20-7-5-18-41(43)47(42-19-6-8-21-44(42)48)34-26-28-36-33(30-34)15-10-22-38(36)40-24-11-25-45-50(40)49-37-17-4-2-13-32(37)27-29-46(49)51-45;1-2-13-33-29-35(24-23-31(33)11-1)47-41-16-5-7-18-43(41)48(44-19-8-6-17-42(44)47)36-25-27-37-34(30-36)14-9-20-39(37)40-21-10-22-45-50(40)49-38-15-4-3-12-32(38)26-28-46(49)51-45/h2*1-30H/i2*1D,2D,3D,4D,5D,6D,7D,8D,9D,10D,11D,12D,13D,14D,15D,16D,17D,18D,19D,20D,21D,22D,23D,24D,25D,26D,27D,28D,29D,30D. The van der Waals surface area contributed by atoms with Crippen molar-refractivity contribution in [2.75, 3.05) is 0 Å². The Hall–Kier alpha value is -13.4. The molecule has 22 aromatic rings. The van der Waals surface area contributed by atoms with Gasteiger partial charge in [-0.3, -0.25) is 0 Å². The molecular weight excluding hydrogens is 1230 g/mol. The topological polar surface area (TPSA) is 26.3 Å². The minimum absolute atomic E-state index is 0.434. The Kier molecular flexibility index (Phi) is 5.42. The second-order valence-corrected chi connectivity index (χ2v) is 22.5. The van der Waals surface area contributed by atoms with Gasteiger partial charge >= 0.3 is 0 Å². The van der Waals surface area contributed by atoms with Gasteiger partial charge in [0.1, 0.15) is 22.3 Å². The summed E-state index contributed by atoms with van der Waals surface area (Å²) >= 11 is 0. The third kappa shape index (κ3) is 9.00. The van der Waals surface area contributed by atoms with Crippen molar-refractivity contribution in [2.24, 2.45) is 0 Å². The molecule has 102 heavy (non-hydrogen) atoms. The molecule has 0 amide bonds. The largest absolute Gasteiger partial charge is 0.456 e. The summed E-state index contributed by atoms with van der Waals surface area (Å²) in [5, 5.41) is -15.8. The maximum atomic E-state index is 10.1. The van der Waals surface area contributed by atoms with E-state index in [0.29, 0.717) is 0 Å². The highest BCUT2D eigenvalue weighted by Crippen LogP contribution is 2.50. The predicted molar refractivity (Wildman–Crippen MR) is 435 cm³/mol. The zero-order chi connectivity index (χ0) is 119. The number of rotatable bonds is 6. The van der Waals surface area contributed by atoms with Crippen molar-refractivity contribution in [1.29, 1.82) is 0 Å². The lowest BCUT2D eigenvalue weighted by Crippen LogP contribution is -1.92. The van der Waals surface area contributed by atoms with E-state index in [1.165, 1.54) is 0 Å². The Morgan fingerprint density at radius 1 is 0.157 bits per heavy atom. The Labute approximate surface area is 671 Å². The molecule has 0 bridgehead atoms. The van der Waals surface area contributed by atoms with Gasteiger partial charge in [0.25, 0.3) is 0 Å². The fourth-order valence-electron chi connectivity index (χ4n) is 13.0. The Morgan fingerprint density at radius 2 is 0.431 bits per heavy atom. The number of hydrogen-bond acceptors (Lipinski definition) is 2. The third-order valence-electron chi connectivity index (χ3n) is 17.2. The zero-order valence-corrected chi connectivity index (χ0v) is 50.8. The molecule has 0 unspecified atom stereocenters. The lowest BCUT2D eigenvalue weighted by molar-refractivity contribution is 0.669. The zero-order valence-electron chi connectivity index (χ0n) is 111. The van der Waals surface area contributed by atoms with Crippen LogP contribution in [-0.2, 0) is 0 Å². The maximum absolute atomic E-state index is 10.1. The highest BCUT2D eigenvalue weighted by atomic mass is 16.3. The molecule has 0 aliphatic rings. The highest BCUT2D eigenvalue weighted by molar-refractivity contribution is 6.28. The molecule has 0 spiro atoms. The smallest absolute Gasteiger partial charge is 0.136 e. The van der Waals surface area contributed by atoms with Crippen molar-refractivity contribution in [1.82, 2.24) is 0 Å². The fraction of sp³-hybridized carbons (Fsp3) is 0. The van der Waals surface area contributed by atoms with Crippen molar-refractivity contribution in [3.05, 3.63) is 363 Å². The van der Waals surface area contributed by atoms with Crippen molar-refractivity contribution < 1.29 is 91.1 Å². The predicted octanol–water partition coefficient (Wildman–Crippen LogP) is 28.7. The third-order valence-corrected chi connectivity index (χ3v) is 17.2. The number of furan rings is 2. The van der Waals surface area contributed by atoms with Gasteiger partial charge in [-0.1, -0.05) is 320 Å². The fourth-order valence-corrected chi connectivity index (χ4v) is 13.0. The maximum Gasteiger partial charge on any atom is 0.136 e. The van der Waals surface area contributed by atoms with E-state index < -0.39 is 581 Å². The number of hydrogen-bond donors (Lipinski definition) is 0. The molecule has 20 aromatic carbocycles. The van der Waals surface area contributed by atoms with Crippen LogP contribution in [0, 0.1) is 0 Å². The van der Waals surface area contributed by atoms with Gasteiger partial charge < -0.3 is 8.83 Å². The van der Waals surface area contributed by atoms with Crippen LogP contribution < -0.4 is 0 Å². The van der Waals surface area contributed by atoms with Crippen LogP contribution in [0.4, 0.5) is 0 Å². The second-order valence-electron chi connectivity index (χ2n) is 22.5. The SMILES string of the molecule is [2H]c1c([2H])c(-c2c([2H])c([2H])c([2H])c3c([2H])c(-c4c5c([2H])c([2H])c([2H])c([2H])c5c(-c5c([2H])c([2H])c([2H])c6c([2H])c([2H])c([2H])c([2H])c56)c5c([2H])c([2H])c([2H])c([2H])c45)c([2H])c([2H])c23)c2c(oc3c([2H])c([2H])c4c([2H])c([2H])c([2H])c([2H])c4c32)c1[2H].[2H]c1c([2H])c(-c2c([2H])c([2H])c([2H])c3c([2H])c(-c4c5c([2H])c([2H])c([2H])c([2H])c5c(-c5c([2H])c([2H])c6c([2H])c([2H])c([2H])c([2H])c6c5[2H])c5c([2H])c([2H])c([2H])c([2H])c45)c([2H])c([2H])c23)c2c(oc3c([2H])c([2H])c4c([2H])c([2H])c([2H])c([2H])c4c32)c1[2H]. The Bertz CT molecular complexity index is 10900. The summed E-state index contributed by atoms with van der Waals surface area (Å²) in [7, 11) is 0. The lowest BCUT2D eigenvalue weighted by atomic mass is 9.84. The van der Waals surface area contributed by atoms with Crippen LogP contribution in [0.5, 0.6) is 0 Å². The van der Waals surface area contributed by atoms with Crippen molar-refractivity contribution in [2.45, 2.75) is 0 Å². The molecule has 0 aliphatic heterocycles. The van der Waals surface area contributed by atoms with Crippen LogP contribution in [0.2, 0.25) is 0 Å². The van der Waals surface area contributed by atoms with Crippen molar-refractivity contribution >= 4 is 152 Å². The highest BCUT2D eigenvalue weighted by Gasteiger charge is 2.23. The molecule has 0 atom stereocenters. The van der Waals surface area contributed by atoms with E-state index in [2.05, 4.69) is 0 Å². The molecule has 2 heteroatoms. The van der Waals surface area contributed by atoms with Gasteiger partial charge in [0.15, 0.2) is 0 Å². The molecule has 2 heterocycles. The summed E-state index contributed by atoms with van der Waals surface area (Å²) in [4.78, 5) is 0. The Morgan fingerprint density at radius 3 is 0.873 bits per heavy atom. The minimum atomic E-state index is -1.14. The van der Waals surface area contributed by atoms with E-state index in [0.717, 1.165) is 0 Å². The van der Waals surface area contributed by atoms with Crippen LogP contribution in [0.25, 0.3) is 218 Å². The monoisotopic (exact) mass is 1350 g/mol. The Balaban J connectivity index is 0.000000186. The van der Waals surface area contributed by atoms with Crippen LogP contribution in [0.3, 0.4) is 0 Å². The molecule has 0 aliphatic carbocycles. The lowest BCUT2D eigenvalue weighted by Gasteiger charge is -2.19. The van der Waals surface area contributed by atoms with Gasteiger partial charge in [-0.2, -0.15) is 0 Å². The van der Waals surface area contributed by atoms with Gasteiger partial charge in [0.05, 0.1) is 82.2 Å². The van der Waals surface area contributed by atoms with Crippen molar-refractivity contribution in [3.8, 4) is 66.8 Å². The molecule has 472 valence electrons. The number of benzene rings is 20. The summed E-state index contributed by atoms with van der Waals surface area (Å²) in [6.45, 7) is 0. The van der Waals surface area contributed by atoms with Gasteiger partial charge in [0, 0.05) is 21.5 Å². The number of fused-ring (bicyclic) bond motifs is 18. The van der Waals surface area contributed by atoms with Gasteiger partial charge in [0.2, 0.25) is 0 Å². The van der Waals surface area contributed by atoms with Gasteiger partial charge in [-0.25, -0.2) is 0 Å². The van der Waals surface area contributed by atoms with E-state index in [4.69, 9.17) is 56.8 Å². The molecule has 0 saturated carbocycles. The second kappa shape index (κ2) is 23.1. The first-order valence-corrected chi connectivity index (χ1v) is 30.3. The first-order chi connectivity index (χ1) is 75.6. The van der Waals surface area contributed by atoms with E-state index in [9.17, 15) is 34.3 Å². The van der Waals surface area contributed by atoms with Crippen LogP contribution >= 0.6 is 0 Å². The molecule has 0 saturated heterocycles. The summed E-state index contributed by atoms with van der Waals surface area (Å²) in [6.07, 6.45) is 0.